The molecule has 1 aromatic heterocycles. The van der Waals surface area contributed by atoms with Crippen LogP contribution in [0.25, 0.3) is 11.0 Å². The van der Waals surface area contributed by atoms with Crippen molar-refractivity contribution in [3.63, 3.8) is 0 Å². The van der Waals surface area contributed by atoms with E-state index >= 15 is 0 Å². The summed E-state index contributed by atoms with van der Waals surface area (Å²) in [5.41, 5.74) is 7.60. The molecule has 2 N–H and O–H groups in total. The van der Waals surface area contributed by atoms with Crippen LogP contribution in [0, 0.1) is 6.92 Å². The number of amides is 2. The van der Waals surface area contributed by atoms with Crippen LogP contribution in [-0.4, -0.2) is 33.8 Å². The Kier molecular flexibility index (Phi) is 7.02. The average molecular weight is 422 g/mol. The molecular weight excluding hydrogens is 396 g/mol. The number of hydrogen-bond acceptors (Lipinski definition) is 5. The minimum atomic E-state index is -0.402. The number of nitrogens with zero attached hydrogens (tertiary/aromatic N) is 2. The highest BCUT2D eigenvalue weighted by molar-refractivity contribution is 5.98. The van der Waals surface area contributed by atoms with E-state index in [1.807, 2.05) is 19.9 Å². The summed E-state index contributed by atoms with van der Waals surface area (Å²) in [7, 11) is 0. The second-order valence-corrected chi connectivity index (χ2v) is 7.14. The molecule has 8 nitrogen and oxygen atoms in total. The maximum atomic E-state index is 12.3. The molecular formula is C23H26N4O4. The van der Waals surface area contributed by atoms with Crippen molar-refractivity contribution in [2.75, 3.05) is 6.61 Å². The zero-order valence-electron chi connectivity index (χ0n) is 17.9. The van der Waals surface area contributed by atoms with E-state index in [0.717, 1.165) is 23.4 Å². The number of nitrogens with one attached hydrogen (secondary N) is 2. The van der Waals surface area contributed by atoms with Gasteiger partial charge in [-0.25, -0.2) is 4.98 Å². The number of ketones is 1. The van der Waals surface area contributed by atoms with Crippen LogP contribution in [0.2, 0.25) is 0 Å². The van der Waals surface area contributed by atoms with Crippen molar-refractivity contribution < 1.29 is 19.1 Å². The van der Waals surface area contributed by atoms with Crippen molar-refractivity contribution in [1.29, 1.82) is 0 Å². The molecule has 0 bridgehead atoms. The highest BCUT2D eigenvalue weighted by Crippen LogP contribution is 2.17. The third-order valence-corrected chi connectivity index (χ3v) is 4.91. The van der Waals surface area contributed by atoms with Crippen LogP contribution in [0.1, 0.15) is 53.2 Å². The average Bonchev–Trinajstić information content (AvgIpc) is 3.09. The van der Waals surface area contributed by atoms with Gasteiger partial charge in [-0.2, -0.15) is 0 Å². The Morgan fingerprint density at radius 2 is 1.74 bits per heavy atom. The number of imidazole rings is 1. The Morgan fingerprint density at radius 3 is 2.42 bits per heavy atom. The molecule has 0 aliphatic rings. The zero-order chi connectivity index (χ0) is 22.4. The van der Waals surface area contributed by atoms with Gasteiger partial charge in [0.05, 0.1) is 17.6 Å². The highest BCUT2D eigenvalue weighted by atomic mass is 16.5. The number of Topliss-reactive ketones (excluding diaryl/α,β-unsaturated/α-hetero) is 1. The molecule has 3 rings (SSSR count). The largest absolute Gasteiger partial charge is 0.494 e. The van der Waals surface area contributed by atoms with E-state index < -0.39 is 5.91 Å². The van der Waals surface area contributed by atoms with Gasteiger partial charge in [0.15, 0.2) is 5.78 Å². The van der Waals surface area contributed by atoms with Crippen molar-refractivity contribution in [2.24, 2.45) is 0 Å². The number of benzene rings is 2. The molecule has 0 aliphatic carbocycles. The third kappa shape index (κ3) is 5.48. The number of fused-ring (bicyclic) bond motifs is 1. The van der Waals surface area contributed by atoms with E-state index in [0.29, 0.717) is 29.9 Å². The number of carbonyl (C=O) groups is 3. The second-order valence-electron chi connectivity index (χ2n) is 7.14. The van der Waals surface area contributed by atoms with Crippen molar-refractivity contribution in [2.45, 2.75) is 40.2 Å². The predicted octanol–water partition coefficient (Wildman–Crippen LogP) is 3.19. The molecule has 0 spiro atoms. The molecule has 31 heavy (non-hydrogen) atoms. The summed E-state index contributed by atoms with van der Waals surface area (Å²) >= 11 is 0. The standard InChI is InChI=1S/C23H26N4O4/c1-4-27-16(3)24-20-14-18(9-12-21(20)27)23(30)26-25-22(29)6-5-13-31-19-10-7-17(8-11-19)15(2)28/h7-12,14H,4-6,13H2,1-3H3,(H,25,29)(H,26,30). The molecule has 2 aromatic carbocycles. The van der Waals surface area contributed by atoms with E-state index in [1.165, 1.54) is 6.92 Å². The van der Waals surface area contributed by atoms with Gasteiger partial charge in [-0.05, 0) is 69.7 Å². The smallest absolute Gasteiger partial charge is 0.269 e. The lowest BCUT2D eigenvalue weighted by Crippen LogP contribution is -2.41. The van der Waals surface area contributed by atoms with E-state index in [1.54, 1.807) is 36.4 Å². The normalized spacial score (nSPS) is 10.7. The maximum Gasteiger partial charge on any atom is 0.269 e. The van der Waals surface area contributed by atoms with Gasteiger partial charge in [-0.3, -0.25) is 25.2 Å². The molecule has 1 heterocycles. The molecule has 0 saturated heterocycles. The summed E-state index contributed by atoms with van der Waals surface area (Å²) < 4.78 is 7.63. The summed E-state index contributed by atoms with van der Waals surface area (Å²) in [6.07, 6.45) is 0.681. The molecule has 3 aromatic rings. The quantitative estimate of drug-likeness (QED) is 0.330. The van der Waals surface area contributed by atoms with Gasteiger partial charge >= 0.3 is 0 Å². The van der Waals surface area contributed by atoms with Crippen molar-refractivity contribution >= 4 is 28.6 Å². The second kappa shape index (κ2) is 9.88. The van der Waals surface area contributed by atoms with Crippen LogP contribution in [0.15, 0.2) is 42.5 Å². The highest BCUT2D eigenvalue weighted by Gasteiger charge is 2.12. The molecule has 0 saturated carbocycles. The van der Waals surface area contributed by atoms with Crippen molar-refractivity contribution in [3.8, 4) is 5.75 Å². The lowest BCUT2D eigenvalue weighted by molar-refractivity contribution is -0.122. The van der Waals surface area contributed by atoms with Gasteiger partial charge in [0.1, 0.15) is 11.6 Å². The number of carbonyl (C=O) groups excluding carboxylic acids is 3. The van der Waals surface area contributed by atoms with Crippen LogP contribution in [0.5, 0.6) is 5.75 Å². The Labute approximate surface area is 180 Å². The predicted molar refractivity (Wildman–Crippen MR) is 117 cm³/mol. The molecule has 0 aliphatic heterocycles. The maximum absolute atomic E-state index is 12.3. The lowest BCUT2D eigenvalue weighted by atomic mass is 10.1. The molecule has 162 valence electrons. The van der Waals surface area contributed by atoms with E-state index in [-0.39, 0.29) is 18.1 Å². The van der Waals surface area contributed by atoms with Gasteiger partial charge in [0, 0.05) is 24.1 Å². The lowest BCUT2D eigenvalue weighted by Gasteiger charge is -2.09. The summed E-state index contributed by atoms with van der Waals surface area (Å²) in [5.74, 6) is 0.808. The minimum absolute atomic E-state index is 0.00377. The van der Waals surface area contributed by atoms with Gasteiger partial charge in [0.2, 0.25) is 5.91 Å². The van der Waals surface area contributed by atoms with Gasteiger partial charge < -0.3 is 9.30 Å². The topological polar surface area (TPSA) is 102 Å². The van der Waals surface area contributed by atoms with Gasteiger partial charge in [0.25, 0.3) is 5.91 Å². The van der Waals surface area contributed by atoms with Crippen molar-refractivity contribution in [1.82, 2.24) is 20.4 Å². The van der Waals surface area contributed by atoms with Gasteiger partial charge in [-0.1, -0.05) is 0 Å². The minimum Gasteiger partial charge on any atom is -0.494 e. The summed E-state index contributed by atoms with van der Waals surface area (Å²) in [6, 6.07) is 12.1. The fraction of sp³-hybridized carbons (Fsp3) is 0.304. The SMILES string of the molecule is CCn1c(C)nc2cc(C(=O)NNC(=O)CCCOc3ccc(C(C)=O)cc3)ccc21. The van der Waals surface area contributed by atoms with Crippen LogP contribution >= 0.6 is 0 Å². The van der Waals surface area contributed by atoms with Crippen LogP contribution in [-0.2, 0) is 11.3 Å². The monoisotopic (exact) mass is 422 g/mol. The molecule has 2 amide bonds. The van der Waals surface area contributed by atoms with E-state index in [4.69, 9.17) is 4.74 Å². The van der Waals surface area contributed by atoms with E-state index in [9.17, 15) is 14.4 Å². The Balaban J connectivity index is 1.42. The molecule has 0 radical (unpaired) electrons. The first-order valence-corrected chi connectivity index (χ1v) is 10.2. The van der Waals surface area contributed by atoms with Crippen LogP contribution in [0.4, 0.5) is 0 Å². The summed E-state index contributed by atoms with van der Waals surface area (Å²) in [5, 5.41) is 0. The number of aryl methyl sites for hydroxylation is 2. The first kappa shape index (κ1) is 22.0. The zero-order valence-corrected chi connectivity index (χ0v) is 17.9. The summed E-state index contributed by atoms with van der Waals surface area (Å²) in [6.45, 7) is 6.62. The Hall–Kier alpha value is -3.68. The number of ether oxygens (including phenoxy) is 1. The number of rotatable bonds is 8. The van der Waals surface area contributed by atoms with Crippen LogP contribution in [0.3, 0.4) is 0 Å². The number of hydrazine groups is 1. The van der Waals surface area contributed by atoms with E-state index in [2.05, 4.69) is 20.4 Å². The first-order chi connectivity index (χ1) is 14.9. The Bertz CT molecular complexity index is 1100. The van der Waals surface area contributed by atoms with Crippen LogP contribution < -0.4 is 15.6 Å². The fourth-order valence-electron chi connectivity index (χ4n) is 3.26. The number of hydrogen-bond donors (Lipinski definition) is 2. The Morgan fingerprint density at radius 1 is 1.03 bits per heavy atom. The van der Waals surface area contributed by atoms with Crippen molar-refractivity contribution in [3.05, 3.63) is 59.4 Å². The summed E-state index contributed by atoms with van der Waals surface area (Å²) in [4.78, 5) is 40.0. The third-order valence-electron chi connectivity index (χ3n) is 4.91. The fourth-order valence-corrected chi connectivity index (χ4v) is 3.26. The molecule has 0 atom stereocenters. The number of aromatic nitrogens is 2. The molecule has 8 heteroatoms. The molecule has 0 unspecified atom stereocenters. The molecule has 0 fully saturated rings. The first-order valence-electron chi connectivity index (χ1n) is 10.2. The van der Waals surface area contributed by atoms with Gasteiger partial charge in [-0.15, -0.1) is 0 Å².